The molecule has 1 aromatic heterocycles. The number of aromatic nitrogens is 2. The Morgan fingerprint density at radius 2 is 2.24 bits per heavy atom. The van der Waals surface area contributed by atoms with Crippen LogP contribution in [0, 0.1) is 0 Å². The molecule has 2 heterocycles. The van der Waals surface area contributed by atoms with Crippen molar-refractivity contribution in [3.05, 3.63) is 21.8 Å². The van der Waals surface area contributed by atoms with Crippen LogP contribution in [0.2, 0.25) is 10.2 Å². The van der Waals surface area contributed by atoms with E-state index in [9.17, 15) is 8.42 Å². The van der Waals surface area contributed by atoms with Gasteiger partial charge in [-0.3, -0.25) is 9.82 Å². The zero-order chi connectivity index (χ0) is 15.2. The van der Waals surface area contributed by atoms with Gasteiger partial charge in [0.05, 0.1) is 28.2 Å². The lowest BCUT2D eigenvalue weighted by Gasteiger charge is -2.29. The first-order valence-corrected chi connectivity index (χ1v) is 8.25. The van der Waals surface area contributed by atoms with Gasteiger partial charge in [0.2, 0.25) is 0 Å². The van der Waals surface area contributed by atoms with Crippen LogP contribution in [0.1, 0.15) is 5.56 Å². The summed E-state index contributed by atoms with van der Waals surface area (Å²) in [5.74, 6) is 0. The minimum absolute atomic E-state index is 0.207. The van der Waals surface area contributed by atoms with E-state index in [-0.39, 0.29) is 18.2 Å². The zero-order valence-corrected chi connectivity index (χ0v) is 13.3. The average Bonchev–Trinajstić information content (AvgIpc) is 2.80. The van der Waals surface area contributed by atoms with Crippen LogP contribution in [-0.4, -0.2) is 43.2 Å². The molecular formula is C11H12Cl2N4O3S. The molecular weight excluding hydrogens is 339 g/mol. The van der Waals surface area contributed by atoms with Gasteiger partial charge in [0, 0.05) is 20.2 Å². The van der Waals surface area contributed by atoms with Crippen molar-refractivity contribution in [3.8, 4) is 0 Å². The van der Waals surface area contributed by atoms with Crippen molar-refractivity contribution < 1.29 is 13.2 Å². The van der Waals surface area contributed by atoms with Gasteiger partial charge in [-0.25, -0.2) is 0 Å². The van der Waals surface area contributed by atoms with Crippen molar-refractivity contribution in [1.82, 2.24) is 14.5 Å². The number of benzene rings is 1. The summed E-state index contributed by atoms with van der Waals surface area (Å²) < 4.78 is 33.2. The van der Waals surface area contributed by atoms with E-state index in [0.29, 0.717) is 28.2 Å². The maximum absolute atomic E-state index is 12.2. The number of halogens is 2. The highest BCUT2D eigenvalue weighted by atomic mass is 35.5. The molecule has 114 valence electrons. The van der Waals surface area contributed by atoms with Crippen LogP contribution in [-0.2, 0) is 21.5 Å². The number of nitrogens with zero attached hydrogens (tertiary/aromatic N) is 2. The van der Waals surface area contributed by atoms with E-state index in [1.807, 2.05) is 0 Å². The SMILES string of the molecule is COCCN1Cc2cc(Cl)c3c(Cl)n[nH]c3c2NS1(=O)=O. The quantitative estimate of drug-likeness (QED) is 0.885. The van der Waals surface area contributed by atoms with Crippen molar-refractivity contribution in [1.29, 1.82) is 0 Å². The van der Waals surface area contributed by atoms with Gasteiger partial charge in [0.25, 0.3) is 0 Å². The molecule has 0 saturated carbocycles. The molecule has 21 heavy (non-hydrogen) atoms. The first-order chi connectivity index (χ1) is 9.94. The number of methoxy groups -OCH3 is 1. The summed E-state index contributed by atoms with van der Waals surface area (Å²) in [5.41, 5.74) is 1.67. The fraction of sp³-hybridized carbons (Fsp3) is 0.364. The maximum atomic E-state index is 12.2. The Bertz CT molecular complexity index is 805. The van der Waals surface area contributed by atoms with Gasteiger partial charge in [-0.15, -0.1) is 0 Å². The number of anilines is 1. The second-order valence-corrected chi connectivity index (χ2v) is 7.03. The summed E-state index contributed by atoms with van der Waals surface area (Å²) in [6.07, 6.45) is 0. The van der Waals surface area contributed by atoms with Gasteiger partial charge >= 0.3 is 10.2 Å². The van der Waals surface area contributed by atoms with Gasteiger partial charge < -0.3 is 4.74 Å². The van der Waals surface area contributed by atoms with Gasteiger partial charge in [-0.1, -0.05) is 23.2 Å². The summed E-state index contributed by atoms with van der Waals surface area (Å²) in [4.78, 5) is 0. The summed E-state index contributed by atoms with van der Waals surface area (Å²) in [6.45, 7) is 0.771. The van der Waals surface area contributed by atoms with E-state index >= 15 is 0 Å². The van der Waals surface area contributed by atoms with Gasteiger partial charge in [-0.05, 0) is 11.6 Å². The molecule has 1 aliphatic rings. The lowest BCUT2D eigenvalue weighted by Crippen LogP contribution is -2.41. The van der Waals surface area contributed by atoms with E-state index in [4.69, 9.17) is 27.9 Å². The van der Waals surface area contributed by atoms with E-state index in [0.717, 1.165) is 5.56 Å². The molecule has 0 unspecified atom stereocenters. The first kappa shape index (κ1) is 14.9. The smallest absolute Gasteiger partial charge is 0.302 e. The van der Waals surface area contributed by atoms with Crippen molar-refractivity contribution >= 4 is 50.0 Å². The molecule has 0 amide bonds. The molecule has 10 heteroatoms. The minimum atomic E-state index is -3.63. The number of ether oxygens (including phenoxy) is 1. The molecule has 0 atom stereocenters. The maximum Gasteiger partial charge on any atom is 0.302 e. The first-order valence-electron chi connectivity index (χ1n) is 6.06. The third kappa shape index (κ3) is 2.47. The second-order valence-electron chi connectivity index (χ2n) is 4.59. The predicted molar refractivity (Wildman–Crippen MR) is 80.9 cm³/mol. The molecule has 7 nitrogen and oxygen atoms in total. The second kappa shape index (κ2) is 5.29. The number of H-pyrrole nitrogens is 1. The number of aromatic amines is 1. The highest BCUT2D eigenvalue weighted by molar-refractivity contribution is 7.90. The zero-order valence-electron chi connectivity index (χ0n) is 11.0. The van der Waals surface area contributed by atoms with Crippen LogP contribution in [0.4, 0.5) is 5.69 Å². The summed E-state index contributed by atoms with van der Waals surface area (Å²) in [6, 6.07) is 1.70. The monoisotopic (exact) mass is 350 g/mol. The van der Waals surface area contributed by atoms with E-state index < -0.39 is 10.2 Å². The van der Waals surface area contributed by atoms with Crippen LogP contribution in [0.15, 0.2) is 6.07 Å². The number of rotatable bonds is 3. The summed E-state index contributed by atoms with van der Waals surface area (Å²) in [7, 11) is -2.12. The fourth-order valence-electron chi connectivity index (χ4n) is 2.28. The molecule has 0 bridgehead atoms. The lowest BCUT2D eigenvalue weighted by atomic mass is 10.1. The molecule has 3 rings (SSSR count). The molecule has 0 spiro atoms. The van der Waals surface area contributed by atoms with Gasteiger partial charge in [0.15, 0.2) is 5.15 Å². The summed E-state index contributed by atoms with van der Waals surface area (Å²) in [5, 5.41) is 7.72. The standard InChI is InChI=1S/C11H12Cl2N4O3S/c1-20-3-2-17-5-6-4-7(12)8-10(14-15-11(8)13)9(6)16-21(17,18)19/h4,16H,2-3,5H2,1H3,(H,14,15). The number of nitrogens with one attached hydrogen (secondary N) is 2. The Labute approximate surface area is 131 Å². The van der Waals surface area contributed by atoms with Gasteiger partial charge in [0.1, 0.15) is 0 Å². The molecule has 1 aromatic carbocycles. The Hall–Kier alpha value is -1.06. The van der Waals surface area contributed by atoms with Crippen molar-refractivity contribution in [2.24, 2.45) is 0 Å². The van der Waals surface area contributed by atoms with E-state index in [2.05, 4.69) is 14.9 Å². The Kier molecular flexibility index (Phi) is 3.74. The molecule has 2 N–H and O–H groups in total. The van der Waals surface area contributed by atoms with E-state index in [1.54, 1.807) is 6.07 Å². The lowest BCUT2D eigenvalue weighted by molar-refractivity contribution is 0.177. The van der Waals surface area contributed by atoms with Crippen molar-refractivity contribution in [2.75, 3.05) is 25.0 Å². The topological polar surface area (TPSA) is 87.3 Å². The minimum Gasteiger partial charge on any atom is -0.383 e. The van der Waals surface area contributed by atoms with Crippen LogP contribution < -0.4 is 4.72 Å². The van der Waals surface area contributed by atoms with Crippen molar-refractivity contribution in [2.45, 2.75) is 6.54 Å². The molecule has 0 radical (unpaired) electrons. The highest BCUT2D eigenvalue weighted by Gasteiger charge is 2.31. The van der Waals surface area contributed by atoms with E-state index in [1.165, 1.54) is 11.4 Å². The summed E-state index contributed by atoms with van der Waals surface area (Å²) >= 11 is 12.2. The Morgan fingerprint density at radius 3 is 2.95 bits per heavy atom. The third-order valence-electron chi connectivity index (χ3n) is 3.30. The number of fused-ring (bicyclic) bond motifs is 3. The van der Waals surface area contributed by atoms with Crippen LogP contribution in [0.25, 0.3) is 10.9 Å². The third-order valence-corrected chi connectivity index (χ3v) is 5.32. The molecule has 1 aliphatic heterocycles. The Balaban J connectivity index is 2.12. The molecule has 0 fully saturated rings. The van der Waals surface area contributed by atoms with Crippen molar-refractivity contribution in [3.63, 3.8) is 0 Å². The Morgan fingerprint density at radius 1 is 1.48 bits per heavy atom. The number of hydrogen-bond donors (Lipinski definition) is 2. The molecule has 0 aliphatic carbocycles. The molecule has 0 saturated heterocycles. The van der Waals surface area contributed by atoms with Gasteiger partial charge in [-0.2, -0.15) is 17.8 Å². The largest absolute Gasteiger partial charge is 0.383 e. The van der Waals surface area contributed by atoms with Crippen LogP contribution in [0.5, 0.6) is 0 Å². The number of hydrogen-bond acceptors (Lipinski definition) is 4. The average molecular weight is 351 g/mol. The normalized spacial score (nSPS) is 17.7. The van der Waals surface area contributed by atoms with Crippen LogP contribution >= 0.6 is 23.2 Å². The molecule has 2 aromatic rings. The highest BCUT2D eigenvalue weighted by Crippen LogP contribution is 2.39. The predicted octanol–water partition coefficient (Wildman–Crippen LogP) is 1.99. The van der Waals surface area contributed by atoms with Crippen LogP contribution in [0.3, 0.4) is 0 Å². The fourth-order valence-corrected chi connectivity index (χ4v) is 4.13.